The highest BCUT2D eigenvalue weighted by Gasteiger charge is 2.26. The summed E-state index contributed by atoms with van der Waals surface area (Å²) in [4.78, 5) is 16.6. The van der Waals surface area contributed by atoms with E-state index in [-0.39, 0.29) is 5.91 Å². The molecule has 3 nitrogen and oxygen atoms in total. The molecule has 1 aromatic heterocycles. The normalized spacial score (nSPS) is 14.4. The molecule has 1 fully saturated rings. The van der Waals surface area contributed by atoms with E-state index in [2.05, 4.69) is 26.2 Å². The predicted molar refractivity (Wildman–Crippen MR) is 80.9 cm³/mol. The minimum atomic E-state index is -0.104. The van der Waals surface area contributed by atoms with Crippen molar-refractivity contribution in [3.05, 3.63) is 44.9 Å². The first-order valence-electron chi connectivity index (χ1n) is 6.16. The van der Waals surface area contributed by atoms with Gasteiger partial charge in [-0.25, -0.2) is 4.98 Å². The maximum absolute atomic E-state index is 12.1. The number of nitrogens with one attached hydrogen (secondary N) is 1. The first kappa shape index (κ1) is 12.8. The molecular formula is C14H13BrN2OS. The molecule has 2 aromatic rings. The van der Waals surface area contributed by atoms with Gasteiger partial charge in [-0.2, -0.15) is 0 Å². The Bertz CT molecular complexity index is 634. The van der Waals surface area contributed by atoms with Crippen LogP contribution >= 0.6 is 27.3 Å². The van der Waals surface area contributed by atoms with Crippen LogP contribution in [0.1, 0.15) is 40.4 Å². The number of carbonyl (C=O) groups excluding carboxylic acids is 1. The van der Waals surface area contributed by atoms with E-state index in [0.29, 0.717) is 16.6 Å². The van der Waals surface area contributed by atoms with Crippen molar-refractivity contribution in [2.75, 3.05) is 5.32 Å². The Morgan fingerprint density at radius 3 is 2.95 bits per heavy atom. The molecule has 0 saturated heterocycles. The Balaban J connectivity index is 1.74. The second kappa shape index (κ2) is 5.06. The van der Waals surface area contributed by atoms with Crippen LogP contribution < -0.4 is 5.32 Å². The van der Waals surface area contributed by atoms with Gasteiger partial charge in [-0.1, -0.05) is 15.9 Å². The van der Waals surface area contributed by atoms with Crippen LogP contribution in [0.2, 0.25) is 0 Å². The zero-order valence-electron chi connectivity index (χ0n) is 10.4. The van der Waals surface area contributed by atoms with Gasteiger partial charge < -0.3 is 0 Å². The largest absolute Gasteiger partial charge is 0.298 e. The van der Waals surface area contributed by atoms with Gasteiger partial charge in [0, 0.05) is 21.3 Å². The second-order valence-electron chi connectivity index (χ2n) is 4.77. The number of hydrogen-bond donors (Lipinski definition) is 1. The Morgan fingerprint density at radius 2 is 2.26 bits per heavy atom. The van der Waals surface area contributed by atoms with Crippen LogP contribution in [-0.4, -0.2) is 10.9 Å². The fourth-order valence-electron chi connectivity index (χ4n) is 1.87. The molecule has 0 spiro atoms. The van der Waals surface area contributed by atoms with Crippen molar-refractivity contribution in [2.45, 2.75) is 25.7 Å². The molecule has 0 aliphatic heterocycles. The van der Waals surface area contributed by atoms with Gasteiger partial charge in [0.2, 0.25) is 0 Å². The summed E-state index contributed by atoms with van der Waals surface area (Å²) < 4.78 is 1.01. The number of amides is 1. The smallest absolute Gasteiger partial charge is 0.257 e. The topological polar surface area (TPSA) is 42.0 Å². The fourth-order valence-corrected chi connectivity index (χ4v) is 2.90. The lowest BCUT2D eigenvalue weighted by Gasteiger charge is -2.04. The summed E-state index contributed by atoms with van der Waals surface area (Å²) in [7, 11) is 0. The summed E-state index contributed by atoms with van der Waals surface area (Å²) in [5.41, 5.74) is 2.82. The number of hydrogen-bond acceptors (Lipinski definition) is 3. The van der Waals surface area contributed by atoms with Gasteiger partial charge in [0.25, 0.3) is 5.91 Å². The molecule has 3 rings (SSSR count). The molecule has 98 valence electrons. The highest BCUT2D eigenvalue weighted by molar-refractivity contribution is 9.10. The van der Waals surface area contributed by atoms with Crippen molar-refractivity contribution in [3.63, 3.8) is 0 Å². The number of nitrogens with zero attached hydrogens (tertiary/aromatic N) is 1. The van der Waals surface area contributed by atoms with Gasteiger partial charge in [-0.15, -0.1) is 11.3 Å². The van der Waals surface area contributed by atoms with E-state index in [0.717, 1.165) is 15.7 Å². The monoisotopic (exact) mass is 336 g/mol. The number of anilines is 1. The summed E-state index contributed by atoms with van der Waals surface area (Å²) in [5.74, 6) is 0.518. The van der Waals surface area contributed by atoms with Gasteiger partial charge in [-0.3, -0.25) is 10.1 Å². The summed E-state index contributed by atoms with van der Waals surface area (Å²) in [5, 5.41) is 5.59. The number of aromatic nitrogens is 1. The standard InChI is InChI=1S/C14H13BrN2OS/c1-8-6-10(4-5-11(8)15)13(18)17-14-16-12(7-19-14)9-2-3-9/h4-7,9H,2-3H2,1H3,(H,16,17,18). The lowest BCUT2D eigenvalue weighted by atomic mass is 10.1. The van der Waals surface area contributed by atoms with Crippen LogP contribution in [0.15, 0.2) is 28.1 Å². The van der Waals surface area contributed by atoms with Gasteiger partial charge >= 0.3 is 0 Å². The van der Waals surface area contributed by atoms with E-state index in [4.69, 9.17) is 0 Å². The van der Waals surface area contributed by atoms with Gasteiger partial charge in [0.15, 0.2) is 5.13 Å². The number of aryl methyl sites for hydroxylation is 1. The molecule has 0 atom stereocenters. The molecule has 1 heterocycles. The first-order valence-corrected chi connectivity index (χ1v) is 7.83. The van der Waals surface area contributed by atoms with Crippen molar-refractivity contribution in [1.29, 1.82) is 0 Å². The number of benzene rings is 1. The van der Waals surface area contributed by atoms with Crippen molar-refractivity contribution in [3.8, 4) is 0 Å². The van der Waals surface area contributed by atoms with Crippen molar-refractivity contribution >= 4 is 38.3 Å². The van der Waals surface area contributed by atoms with Crippen LogP contribution in [0.3, 0.4) is 0 Å². The van der Waals surface area contributed by atoms with Crippen LogP contribution in [0.5, 0.6) is 0 Å². The molecule has 1 amide bonds. The predicted octanol–water partition coefficient (Wildman–Crippen LogP) is 4.34. The third kappa shape index (κ3) is 2.87. The average Bonchev–Trinajstić information content (AvgIpc) is 3.14. The van der Waals surface area contributed by atoms with Gasteiger partial charge in [-0.05, 0) is 43.5 Å². The van der Waals surface area contributed by atoms with Crippen molar-refractivity contribution in [2.24, 2.45) is 0 Å². The van der Waals surface area contributed by atoms with Crippen molar-refractivity contribution in [1.82, 2.24) is 4.98 Å². The quantitative estimate of drug-likeness (QED) is 0.905. The van der Waals surface area contributed by atoms with E-state index in [1.807, 2.05) is 30.5 Å². The maximum Gasteiger partial charge on any atom is 0.257 e. The Morgan fingerprint density at radius 1 is 1.47 bits per heavy atom. The Kier molecular flexibility index (Phi) is 3.41. The van der Waals surface area contributed by atoms with Gasteiger partial charge in [0.05, 0.1) is 5.69 Å². The van der Waals surface area contributed by atoms with E-state index >= 15 is 0 Å². The number of rotatable bonds is 3. The number of halogens is 1. The maximum atomic E-state index is 12.1. The number of carbonyl (C=O) groups is 1. The fraction of sp³-hybridized carbons (Fsp3) is 0.286. The molecule has 5 heteroatoms. The lowest BCUT2D eigenvalue weighted by molar-refractivity contribution is 0.102. The summed E-state index contributed by atoms with van der Waals surface area (Å²) >= 11 is 4.93. The highest BCUT2D eigenvalue weighted by atomic mass is 79.9. The summed E-state index contributed by atoms with van der Waals surface area (Å²) in [6, 6.07) is 5.57. The van der Waals surface area contributed by atoms with Crippen LogP contribution in [0, 0.1) is 6.92 Å². The summed E-state index contributed by atoms with van der Waals surface area (Å²) in [6.07, 6.45) is 2.45. The molecule has 0 bridgehead atoms. The minimum absolute atomic E-state index is 0.104. The minimum Gasteiger partial charge on any atom is -0.298 e. The second-order valence-corrected chi connectivity index (χ2v) is 6.48. The van der Waals surface area contributed by atoms with Crippen LogP contribution in [0.25, 0.3) is 0 Å². The highest BCUT2D eigenvalue weighted by Crippen LogP contribution is 2.40. The zero-order valence-corrected chi connectivity index (χ0v) is 12.8. The molecule has 1 N–H and O–H groups in total. The molecule has 0 radical (unpaired) electrons. The molecule has 19 heavy (non-hydrogen) atoms. The lowest BCUT2D eigenvalue weighted by Crippen LogP contribution is -2.11. The zero-order chi connectivity index (χ0) is 13.4. The summed E-state index contributed by atoms with van der Waals surface area (Å²) in [6.45, 7) is 1.97. The Hall–Kier alpha value is -1.20. The van der Waals surface area contributed by atoms with Gasteiger partial charge in [0.1, 0.15) is 0 Å². The average molecular weight is 337 g/mol. The third-order valence-corrected chi connectivity index (χ3v) is 4.82. The molecule has 0 unspecified atom stereocenters. The first-order chi connectivity index (χ1) is 9.13. The van der Waals surface area contributed by atoms with Crippen LogP contribution in [0.4, 0.5) is 5.13 Å². The van der Waals surface area contributed by atoms with E-state index < -0.39 is 0 Å². The number of thiazole rings is 1. The molecular weight excluding hydrogens is 324 g/mol. The third-order valence-electron chi connectivity index (χ3n) is 3.16. The molecule has 1 saturated carbocycles. The molecule has 1 aliphatic carbocycles. The SMILES string of the molecule is Cc1cc(C(=O)Nc2nc(C3CC3)cs2)ccc1Br. The van der Waals surface area contributed by atoms with E-state index in [9.17, 15) is 4.79 Å². The Labute approximate surface area is 124 Å². The van der Waals surface area contributed by atoms with E-state index in [1.54, 1.807) is 0 Å². The van der Waals surface area contributed by atoms with Crippen LogP contribution in [-0.2, 0) is 0 Å². The van der Waals surface area contributed by atoms with E-state index in [1.165, 1.54) is 24.2 Å². The molecule has 1 aromatic carbocycles. The van der Waals surface area contributed by atoms with Crippen molar-refractivity contribution < 1.29 is 4.79 Å². The molecule has 1 aliphatic rings.